The predicted molar refractivity (Wildman–Crippen MR) is 93.7 cm³/mol. The van der Waals surface area contributed by atoms with Gasteiger partial charge in [0.1, 0.15) is 0 Å². The highest BCUT2D eigenvalue weighted by atomic mass is 32.2. The van der Waals surface area contributed by atoms with Crippen LogP contribution in [0, 0.1) is 0 Å². The number of ether oxygens (including phenoxy) is 1. The molecule has 1 heterocycles. The van der Waals surface area contributed by atoms with Crippen LogP contribution in [0.2, 0.25) is 25.7 Å². The highest BCUT2D eigenvalue weighted by Crippen LogP contribution is 2.36. The highest BCUT2D eigenvalue weighted by Gasteiger charge is 2.43. The minimum absolute atomic E-state index is 0.412. The molecule has 1 fully saturated rings. The zero-order valence-electron chi connectivity index (χ0n) is 13.7. The van der Waals surface area contributed by atoms with Crippen molar-refractivity contribution in [3.8, 4) is 0 Å². The van der Waals surface area contributed by atoms with E-state index in [-0.39, 0.29) is 0 Å². The topological polar surface area (TPSA) is 43.4 Å². The molecule has 0 spiro atoms. The summed E-state index contributed by atoms with van der Waals surface area (Å²) in [5, 5.41) is 0. The molecule has 2 rings (SSSR count). The van der Waals surface area contributed by atoms with E-state index in [0.717, 1.165) is 6.04 Å². The Morgan fingerprint density at radius 2 is 1.73 bits per heavy atom. The fourth-order valence-electron chi connectivity index (χ4n) is 2.70. The van der Waals surface area contributed by atoms with Crippen LogP contribution < -0.4 is 0 Å². The molecule has 22 heavy (non-hydrogen) atoms. The molecule has 0 aromatic heterocycles. The first-order valence-electron chi connectivity index (χ1n) is 7.82. The molecule has 0 atom stereocenters. The molecule has 1 aromatic rings. The van der Waals surface area contributed by atoms with E-state index in [1.807, 2.05) is 12.1 Å². The lowest BCUT2D eigenvalue weighted by molar-refractivity contribution is 0.0849. The molecule has 1 aliphatic heterocycles. The third-order valence-electron chi connectivity index (χ3n) is 4.08. The number of sulfone groups is 1. The van der Waals surface area contributed by atoms with Crippen LogP contribution >= 0.6 is 0 Å². The average Bonchev–Trinajstić information content (AvgIpc) is 2.47. The van der Waals surface area contributed by atoms with Gasteiger partial charge < -0.3 is 4.74 Å². The summed E-state index contributed by atoms with van der Waals surface area (Å²) >= 11 is 0. The Bertz CT molecular complexity index is 609. The second-order valence-electron chi connectivity index (χ2n) is 7.16. The van der Waals surface area contributed by atoms with Gasteiger partial charge in [-0.1, -0.05) is 50.0 Å². The van der Waals surface area contributed by atoms with Crippen LogP contribution in [0.25, 0.3) is 0 Å². The Hall–Kier alpha value is -0.913. The van der Waals surface area contributed by atoms with E-state index >= 15 is 0 Å². The number of hydrogen-bond donors (Lipinski definition) is 0. The highest BCUT2D eigenvalue weighted by molar-refractivity contribution is 7.93. The molecular formula is C17H26O3SSi. The zero-order chi connectivity index (χ0) is 16.3. The second-order valence-corrected chi connectivity index (χ2v) is 15.0. The molecular weight excluding hydrogens is 312 g/mol. The summed E-state index contributed by atoms with van der Waals surface area (Å²) in [5.74, 6) is 0. The van der Waals surface area contributed by atoms with Gasteiger partial charge in [0.15, 0.2) is 9.84 Å². The maximum absolute atomic E-state index is 13.2. The molecule has 1 saturated heterocycles. The Kier molecular flexibility index (Phi) is 5.30. The van der Waals surface area contributed by atoms with Crippen molar-refractivity contribution in [3.63, 3.8) is 0 Å². The smallest absolute Gasteiger partial charge is 0.187 e. The van der Waals surface area contributed by atoms with Gasteiger partial charge in [-0.3, -0.25) is 0 Å². The standard InChI is InChI=1S/C17H26O3SSi/c1-22(2,3)15-7-10-17(11-13-20-14-12-17)21(18,19)16-8-5-4-6-9-16/h4-10H,11-15H2,1-3H3/b10-7+. The largest absolute Gasteiger partial charge is 0.381 e. The van der Waals surface area contributed by atoms with Crippen LogP contribution in [-0.2, 0) is 14.6 Å². The van der Waals surface area contributed by atoms with E-state index < -0.39 is 22.7 Å². The fourth-order valence-corrected chi connectivity index (χ4v) is 5.49. The number of rotatable bonds is 5. The Labute approximate surface area is 135 Å². The van der Waals surface area contributed by atoms with E-state index in [2.05, 4.69) is 25.7 Å². The Morgan fingerprint density at radius 1 is 1.14 bits per heavy atom. The van der Waals surface area contributed by atoms with Crippen molar-refractivity contribution in [2.45, 2.75) is 48.2 Å². The van der Waals surface area contributed by atoms with E-state index in [0.29, 0.717) is 31.0 Å². The van der Waals surface area contributed by atoms with Crippen LogP contribution in [0.4, 0.5) is 0 Å². The number of benzene rings is 1. The molecule has 122 valence electrons. The van der Waals surface area contributed by atoms with Crippen molar-refractivity contribution >= 4 is 17.9 Å². The van der Waals surface area contributed by atoms with E-state index in [1.54, 1.807) is 24.3 Å². The van der Waals surface area contributed by atoms with Gasteiger partial charge >= 0.3 is 0 Å². The minimum atomic E-state index is -3.39. The van der Waals surface area contributed by atoms with Crippen molar-refractivity contribution in [3.05, 3.63) is 42.5 Å². The van der Waals surface area contributed by atoms with E-state index in [4.69, 9.17) is 4.74 Å². The number of hydrogen-bond acceptors (Lipinski definition) is 3. The molecule has 0 amide bonds. The SMILES string of the molecule is C[Si](C)(C)C/C=C/C1(S(=O)(=O)c2ccccc2)CCOCC1. The lowest BCUT2D eigenvalue weighted by Gasteiger charge is -2.34. The van der Waals surface area contributed by atoms with Crippen molar-refractivity contribution < 1.29 is 13.2 Å². The van der Waals surface area contributed by atoms with Crippen molar-refractivity contribution in [2.24, 2.45) is 0 Å². The molecule has 1 aliphatic rings. The normalized spacial score (nSPS) is 19.4. The fraction of sp³-hybridized carbons (Fsp3) is 0.529. The Balaban J connectivity index is 2.37. The van der Waals surface area contributed by atoms with Crippen LogP contribution in [0.3, 0.4) is 0 Å². The molecule has 0 N–H and O–H groups in total. The van der Waals surface area contributed by atoms with Gasteiger partial charge in [0.05, 0.1) is 9.64 Å². The van der Waals surface area contributed by atoms with Gasteiger partial charge in [-0.25, -0.2) is 8.42 Å². The minimum Gasteiger partial charge on any atom is -0.381 e. The molecule has 0 saturated carbocycles. The predicted octanol–water partition coefficient (Wildman–Crippen LogP) is 3.90. The van der Waals surface area contributed by atoms with Gasteiger partial charge in [0, 0.05) is 21.3 Å². The summed E-state index contributed by atoms with van der Waals surface area (Å²) in [5.41, 5.74) is 0. The van der Waals surface area contributed by atoms with Crippen LogP contribution in [0.1, 0.15) is 12.8 Å². The van der Waals surface area contributed by atoms with Gasteiger partial charge in [-0.2, -0.15) is 0 Å². The first-order chi connectivity index (χ1) is 10.3. The van der Waals surface area contributed by atoms with Crippen LogP contribution in [0.5, 0.6) is 0 Å². The number of allylic oxidation sites excluding steroid dienone is 1. The first-order valence-corrected chi connectivity index (χ1v) is 13.0. The van der Waals surface area contributed by atoms with E-state index in [9.17, 15) is 8.42 Å². The maximum atomic E-state index is 13.2. The molecule has 0 unspecified atom stereocenters. The lowest BCUT2D eigenvalue weighted by atomic mass is 9.98. The van der Waals surface area contributed by atoms with Crippen LogP contribution in [-0.4, -0.2) is 34.5 Å². The molecule has 0 radical (unpaired) electrons. The summed E-state index contributed by atoms with van der Waals surface area (Å²) in [6, 6.07) is 9.80. The second kappa shape index (κ2) is 6.68. The third-order valence-corrected chi connectivity index (χ3v) is 8.05. The summed E-state index contributed by atoms with van der Waals surface area (Å²) in [4.78, 5) is 0.412. The summed E-state index contributed by atoms with van der Waals surface area (Å²) in [6.45, 7) is 7.88. The monoisotopic (exact) mass is 338 g/mol. The Morgan fingerprint density at radius 3 is 2.27 bits per heavy atom. The molecule has 0 bridgehead atoms. The summed E-state index contributed by atoms with van der Waals surface area (Å²) in [7, 11) is -4.62. The average molecular weight is 339 g/mol. The van der Waals surface area contributed by atoms with Gasteiger partial charge in [-0.15, -0.1) is 0 Å². The van der Waals surface area contributed by atoms with Crippen molar-refractivity contribution in [2.75, 3.05) is 13.2 Å². The van der Waals surface area contributed by atoms with Crippen LogP contribution in [0.15, 0.2) is 47.4 Å². The quantitative estimate of drug-likeness (QED) is 0.604. The van der Waals surface area contributed by atoms with Crippen molar-refractivity contribution in [1.82, 2.24) is 0 Å². The zero-order valence-corrected chi connectivity index (χ0v) is 15.5. The van der Waals surface area contributed by atoms with Gasteiger partial charge in [0.2, 0.25) is 0 Å². The lowest BCUT2D eigenvalue weighted by Crippen LogP contribution is -2.42. The molecule has 1 aromatic carbocycles. The summed E-state index contributed by atoms with van der Waals surface area (Å²) < 4.78 is 30.9. The molecule has 3 nitrogen and oxygen atoms in total. The van der Waals surface area contributed by atoms with Gasteiger partial charge in [0.25, 0.3) is 0 Å². The maximum Gasteiger partial charge on any atom is 0.187 e. The molecule has 5 heteroatoms. The van der Waals surface area contributed by atoms with Crippen molar-refractivity contribution in [1.29, 1.82) is 0 Å². The first kappa shape index (κ1) is 17.4. The van der Waals surface area contributed by atoms with E-state index in [1.165, 1.54) is 0 Å². The molecule has 0 aliphatic carbocycles. The van der Waals surface area contributed by atoms with Gasteiger partial charge in [-0.05, 0) is 31.0 Å². The summed E-state index contributed by atoms with van der Waals surface area (Å²) in [6.07, 6.45) is 5.12. The third kappa shape index (κ3) is 3.89.